The minimum atomic E-state index is -0.528. The van der Waals surface area contributed by atoms with Gasteiger partial charge in [-0.05, 0) is 40.5 Å². The van der Waals surface area contributed by atoms with Crippen molar-refractivity contribution in [2.24, 2.45) is 0 Å². The molecule has 0 N–H and O–H groups in total. The topological polar surface area (TPSA) is 68.3 Å². The van der Waals surface area contributed by atoms with Crippen molar-refractivity contribution in [3.8, 4) is 0 Å². The summed E-state index contributed by atoms with van der Waals surface area (Å²) in [4.78, 5) is 28.5. The molecule has 0 aromatic heterocycles. The van der Waals surface area contributed by atoms with Gasteiger partial charge in [-0.1, -0.05) is 0 Å². The minimum absolute atomic E-state index is 0.00658. The van der Waals surface area contributed by atoms with E-state index < -0.39 is 5.60 Å². The molecule has 2 fully saturated rings. The summed E-state index contributed by atoms with van der Waals surface area (Å²) in [6, 6.07) is 0.302. The number of hydrogen-bond acceptors (Lipinski definition) is 6. The first kappa shape index (κ1) is 20.0. The van der Waals surface area contributed by atoms with E-state index in [-0.39, 0.29) is 18.1 Å². The molecule has 0 radical (unpaired) electrons. The lowest BCUT2D eigenvalue weighted by molar-refractivity contribution is -0.143. The first-order valence-corrected chi connectivity index (χ1v) is 9.27. The van der Waals surface area contributed by atoms with Crippen LogP contribution in [-0.2, 0) is 19.0 Å². The van der Waals surface area contributed by atoms with Crippen LogP contribution in [-0.4, -0.2) is 79.0 Å². The summed E-state index contributed by atoms with van der Waals surface area (Å²) in [5.41, 5.74) is -0.528. The lowest BCUT2D eigenvalue weighted by Gasteiger charge is -2.32. The van der Waals surface area contributed by atoms with Gasteiger partial charge in [0.15, 0.2) is 0 Å². The molecule has 2 atom stereocenters. The number of ether oxygens (including phenoxy) is 3. The Bertz CT molecular complexity index is 457. The fourth-order valence-electron chi connectivity index (χ4n) is 3.43. The molecule has 0 aromatic carbocycles. The highest BCUT2D eigenvalue weighted by molar-refractivity contribution is 5.71. The standard InChI is InChI=1S/C18H32N2O5/c1-5-24-16(21)7-6-14-12-15(19-8-10-23-11-9-19)13-20(14)17(22)25-18(2,3)4/h14-15H,5-13H2,1-4H3/t14-,15+/m1/s1. The number of nitrogens with zero attached hydrogens (tertiary/aromatic N) is 2. The zero-order valence-electron chi connectivity index (χ0n) is 16.0. The molecule has 144 valence electrons. The highest BCUT2D eigenvalue weighted by Crippen LogP contribution is 2.28. The van der Waals surface area contributed by atoms with Crippen molar-refractivity contribution in [3.05, 3.63) is 0 Å². The minimum Gasteiger partial charge on any atom is -0.466 e. The van der Waals surface area contributed by atoms with Crippen LogP contribution in [0.25, 0.3) is 0 Å². The Labute approximate surface area is 150 Å². The van der Waals surface area contributed by atoms with Crippen molar-refractivity contribution in [3.63, 3.8) is 0 Å². The van der Waals surface area contributed by atoms with Gasteiger partial charge in [-0.3, -0.25) is 9.69 Å². The van der Waals surface area contributed by atoms with E-state index >= 15 is 0 Å². The van der Waals surface area contributed by atoms with Gasteiger partial charge in [-0.15, -0.1) is 0 Å². The van der Waals surface area contributed by atoms with Crippen LogP contribution in [0.3, 0.4) is 0 Å². The van der Waals surface area contributed by atoms with Gasteiger partial charge >= 0.3 is 12.1 Å². The molecule has 7 nitrogen and oxygen atoms in total. The number of morpholine rings is 1. The van der Waals surface area contributed by atoms with Gasteiger partial charge in [0.2, 0.25) is 0 Å². The maximum Gasteiger partial charge on any atom is 0.410 e. The van der Waals surface area contributed by atoms with Crippen LogP contribution < -0.4 is 0 Å². The van der Waals surface area contributed by atoms with E-state index in [9.17, 15) is 9.59 Å². The third-order valence-electron chi connectivity index (χ3n) is 4.57. The van der Waals surface area contributed by atoms with Gasteiger partial charge < -0.3 is 19.1 Å². The third kappa shape index (κ3) is 6.15. The van der Waals surface area contributed by atoms with Crippen molar-refractivity contribution in [2.45, 2.75) is 64.6 Å². The molecule has 0 bridgehead atoms. The molecule has 0 unspecified atom stereocenters. The predicted molar refractivity (Wildman–Crippen MR) is 93.4 cm³/mol. The summed E-state index contributed by atoms with van der Waals surface area (Å²) in [5.74, 6) is -0.207. The molecule has 7 heteroatoms. The Morgan fingerprint density at radius 2 is 1.88 bits per heavy atom. The summed E-state index contributed by atoms with van der Waals surface area (Å²) in [7, 11) is 0. The van der Waals surface area contributed by atoms with Crippen molar-refractivity contribution >= 4 is 12.1 Å². The Balaban J connectivity index is 2.00. The van der Waals surface area contributed by atoms with Gasteiger partial charge in [0.1, 0.15) is 5.60 Å². The Kier molecular flexibility index (Phi) is 7.07. The molecule has 0 aliphatic carbocycles. The number of rotatable bonds is 5. The Hall–Kier alpha value is -1.34. The number of carbonyl (C=O) groups excluding carboxylic acids is 2. The number of amides is 1. The van der Waals surface area contributed by atoms with Crippen LogP contribution in [0.5, 0.6) is 0 Å². The number of esters is 1. The third-order valence-corrected chi connectivity index (χ3v) is 4.57. The van der Waals surface area contributed by atoms with E-state index in [1.165, 1.54) is 0 Å². The first-order valence-electron chi connectivity index (χ1n) is 9.27. The lowest BCUT2D eigenvalue weighted by Crippen LogP contribution is -2.45. The van der Waals surface area contributed by atoms with Crippen LogP contribution >= 0.6 is 0 Å². The SMILES string of the molecule is CCOC(=O)CC[C@@H]1C[C@H](N2CCOCC2)CN1C(=O)OC(C)(C)C. The number of likely N-dealkylation sites (tertiary alicyclic amines) is 1. The molecule has 2 heterocycles. The maximum absolute atomic E-state index is 12.6. The number of hydrogen-bond donors (Lipinski definition) is 0. The predicted octanol–water partition coefficient (Wildman–Crippen LogP) is 2.04. The highest BCUT2D eigenvalue weighted by atomic mass is 16.6. The zero-order valence-corrected chi connectivity index (χ0v) is 16.0. The van der Waals surface area contributed by atoms with Gasteiger partial charge in [-0.2, -0.15) is 0 Å². The summed E-state index contributed by atoms with van der Waals surface area (Å²) in [6.07, 6.45) is 1.50. The summed E-state index contributed by atoms with van der Waals surface area (Å²) in [6.45, 7) is 11.7. The van der Waals surface area contributed by atoms with Crippen molar-refractivity contribution in [1.82, 2.24) is 9.80 Å². The average Bonchev–Trinajstić information content (AvgIpc) is 2.97. The number of carbonyl (C=O) groups is 2. The molecule has 2 rings (SSSR count). The molecule has 0 saturated carbocycles. The largest absolute Gasteiger partial charge is 0.466 e. The lowest BCUT2D eigenvalue weighted by atomic mass is 10.1. The second-order valence-corrected chi connectivity index (χ2v) is 7.67. The van der Waals surface area contributed by atoms with Crippen LogP contribution in [0.4, 0.5) is 4.79 Å². The normalized spacial score (nSPS) is 25.0. The fraction of sp³-hybridized carbons (Fsp3) is 0.889. The molecule has 2 aliphatic rings. The van der Waals surface area contributed by atoms with Crippen LogP contribution in [0.2, 0.25) is 0 Å². The Morgan fingerprint density at radius 3 is 2.48 bits per heavy atom. The van der Waals surface area contributed by atoms with Crippen LogP contribution in [0.15, 0.2) is 0 Å². The van der Waals surface area contributed by atoms with E-state index in [4.69, 9.17) is 14.2 Å². The molecular formula is C18H32N2O5. The van der Waals surface area contributed by atoms with E-state index in [1.807, 2.05) is 20.8 Å². The summed E-state index contributed by atoms with van der Waals surface area (Å²) < 4.78 is 16.0. The second kappa shape index (κ2) is 8.85. The maximum atomic E-state index is 12.6. The van der Waals surface area contributed by atoms with Gasteiger partial charge in [0.05, 0.1) is 19.8 Å². The zero-order chi connectivity index (χ0) is 18.4. The van der Waals surface area contributed by atoms with E-state index in [0.29, 0.717) is 32.0 Å². The molecule has 2 aliphatic heterocycles. The van der Waals surface area contributed by atoms with Crippen molar-refractivity contribution < 1.29 is 23.8 Å². The van der Waals surface area contributed by atoms with E-state index in [0.717, 1.165) is 32.7 Å². The Morgan fingerprint density at radius 1 is 1.20 bits per heavy atom. The van der Waals surface area contributed by atoms with Gasteiger partial charge in [0.25, 0.3) is 0 Å². The molecule has 0 aromatic rings. The van der Waals surface area contributed by atoms with Crippen LogP contribution in [0, 0.1) is 0 Å². The van der Waals surface area contributed by atoms with Crippen molar-refractivity contribution in [2.75, 3.05) is 39.5 Å². The second-order valence-electron chi connectivity index (χ2n) is 7.67. The van der Waals surface area contributed by atoms with Gasteiger partial charge in [-0.25, -0.2) is 4.79 Å². The average molecular weight is 356 g/mol. The molecule has 0 spiro atoms. The van der Waals surface area contributed by atoms with E-state index in [2.05, 4.69) is 4.90 Å². The molecular weight excluding hydrogens is 324 g/mol. The quantitative estimate of drug-likeness (QED) is 0.702. The van der Waals surface area contributed by atoms with Crippen molar-refractivity contribution in [1.29, 1.82) is 0 Å². The van der Waals surface area contributed by atoms with E-state index in [1.54, 1.807) is 11.8 Å². The first-order chi connectivity index (χ1) is 11.8. The molecule has 2 saturated heterocycles. The summed E-state index contributed by atoms with van der Waals surface area (Å²) in [5, 5.41) is 0. The monoisotopic (exact) mass is 356 g/mol. The summed E-state index contributed by atoms with van der Waals surface area (Å²) >= 11 is 0. The van der Waals surface area contributed by atoms with Crippen LogP contribution in [0.1, 0.15) is 47.0 Å². The van der Waals surface area contributed by atoms with Gasteiger partial charge in [0, 0.05) is 38.1 Å². The fourth-order valence-corrected chi connectivity index (χ4v) is 3.43. The molecule has 25 heavy (non-hydrogen) atoms. The smallest absolute Gasteiger partial charge is 0.410 e. The molecule has 1 amide bonds. The highest BCUT2D eigenvalue weighted by Gasteiger charge is 2.40.